The molecule has 3 N–H and O–H groups in total. The van der Waals surface area contributed by atoms with Crippen molar-refractivity contribution in [3.8, 4) is 0 Å². The van der Waals surface area contributed by atoms with E-state index in [4.69, 9.17) is 10.8 Å². The van der Waals surface area contributed by atoms with Gasteiger partial charge < -0.3 is 10.8 Å². The van der Waals surface area contributed by atoms with Gasteiger partial charge in [0.25, 0.3) is 0 Å². The molecule has 154 valence electrons. The molecule has 0 aliphatic rings. The predicted molar refractivity (Wildman–Crippen MR) is 127 cm³/mol. The lowest BCUT2D eigenvalue weighted by Crippen LogP contribution is -2.21. The van der Waals surface area contributed by atoms with Crippen molar-refractivity contribution in [1.82, 2.24) is 0 Å². The average molecular weight is 410 g/mol. The highest BCUT2D eigenvalue weighted by Gasteiger charge is 2.19. The maximum atomic E-state index is 10.8. The molecule has 0 saturated heterocycles. The summed E-state index contributed by atoms with van der Waals surface area (Å²) in [6, 6.07) is 12.2. The molecule has 0 aliphatic carbocycles. The molecule has 0 amide bonds. The zero-order chi connectivity index (χ0) is 21.7. The Kier molecular flexibility index (Phi) is 7.96. The molecule has 4 heteroatoms. The van der Waals surface area contributed by atoms with Crippen LogP contribution in [-0.2, 0) is 4.79 Å². The summed E-state index contributed by atoms with van der Waals surface area (Å²) in [6.45, 7) is 10.8. The van der Waals surface area contributed by atoms with Crippen molar-refractivity contribution in [2.45, 2.75) is 47.1 Å². The van der Waals surface area contributed by atoms with Crippen LogP contribution in [0.5, 0.6) is 0 Å². The highest BCUT2D eigenvalue weighted by atomic mass is 31.0. The van der Waals surface area contributed by atoms with E-state index in [2.05, 4.69) is 61.2 Å². The standard InChI is InChI=1S/C25H32NO2P/c1-15(2)12-21(20-9-7-6-8-16(20)3)18(5)25(26)24-17(4)13-19(14-22(24)29)10-11-23(27)28/h6-11,13-15,25H,12,26,29H2,1-5H3,(H,27,28)/b11-10+,21-18+/t25-/m1/s1. The first-order chi connectivity index (χ1) is 13.6. The number of hydrogen-bond acceptors (Lipinski definition) is 2. The SMILES string of the molecule is C/C(=C(/CC(C)C)c1ccccc1C)[C@@H](N)c1c(C)cc(/C=C/C(=O)O)cc1P. The molecule has 2 aromatic carbocycles. The number of aliphatic carboxylic acids is 1. The Hall–Kier alpha value is -2.22. The molecule has 29 heavy (non-hydrogen) atoms. The van der Waals surface area contributed by atoms with Crippen molar-refractivity contribution in [3.63, 3.8) is 0 Å². The van der Waals surface area contributed by atoms with Crippen LogP contribution in [0, 0.1) is 19.8 Å². The maximum absolute atomic E-state index is 10.8. The van der Waals surface area contributed by atoms with Crippen LogP contribution in [0.25, 0.3) is 11.6 Å². The van der Waals surface area contributed by atoms with Gasteiger partial charge >= 0.3 is 5.97 Å². The molecular formula is C25H32NO2P. The minimum atomic E-state index is -0.955. The third kappa shape index (κ3) is 5.88. The van der Waals surface area contributed by atoms with E-state index in [9.17, 15) is 4.79 Å². The Morgan fingerprint density at radius 1 is 1.17 bits per heavy atom. The summed E-state index contributed by atoms with van der Waals surface area (Å²) < 4.78 is 0. The second-order valence-corrected chi connectivity index (χ2v) is 8.69. The number of hydrogen-bond donors (Lipinski definition) is 2. The van der Waals surface area contributed by atoms with Crippen LogP contribution in [0.1, 0.15) is 61.1 Å². The molecule has 0 saturated carbocycles. The zero-order valence-electron chi connectivity index (χ0n) is 18.0. The normalized spacial score (nSPS) is 13.7. The van der Waals surface area contributed by atoms with Gasteiger partial charge in [-0.05, 0) is 89.5 Å². The number of carboxylic acid groups (broad SMARTS) is 1. The van der Waals surface area contributed by atoms with Crippen LogP contribution in [0.2, 0.25) is 0 Å². The van der Waals surface area contributed by atoms with Gasteiger partial charge in [-0.2, -0.15) is 0 Å². The quantitative estimate of drug-likeness (QED) is 0.474. The van der Waals surface area contributed by atoms with Crippen LogP contribution in [0.3, 0.4) is 0 Å². The molecular weight excluding hydrogens is 377 g/mol. The Labute approximate surface area is 176 Å². The second kappa shape index (κ2) is 10.0. The van der Waals surface area contributed by atoms with E-state index < -0.39 is 5.97 Å². The molecule has 2 rings (SSSR count). The number of allylic oxidation sites excluding steroid dienone is 1. The lowest BCUT2D eigenvalue weighted by Gasteiger charge is -2.24. The molecule has 0 bridgehead atoms. The number of carboxylic acids is 1. The van der Waals surface area contributed by atoms with Gasteiger partial charge in [-0.15, -0.1) is 9.24 Å². The number of carbonyl (C=O) groups is 1. The van der Waals surface area contributed by atoms with Crippen LogP contribution in [0.4, 0.5) is 0 Å². The fourth-order valence-corrected chi connectivity index (χ4v) is 4.35. The van der Waals surface area contributed by atoms with E-state index >= 15 is 0 Å². The molecule has 0 aromatic heterocycles. The summed E-state index contributed by atoms with van der Waals surface area (Å²) in [7, 11) is 2.76. The monoisotopic (exact) mass is 409 g/mol. The maximum Gasteiger partial charge on any atom is 0.328 e. The van der Waals surface area contributed by atoms with Crippen molar-refractivity contribution in [3.05, 3.63) is 75.9 Å². The van der Waals surface area contributed by atoms with Gasteiger partial charge in [0.1, 0.15) is 0 Å². The van der Waals surface area contributed by atoms with Crippen molar-refractivity contribution in [2.75, 3.05) is 0 Å². The van der Waals surface area contributed by atoms with E-state index in [0.29, 0.717) is 5.92 Å². The fourth-order valence-electron chi connectivity index (χ4n) is 3.75. The Balaban J connectivity index is 2.56. The van der Waals surface area contributed by atoms with E-state index in [-0.39, 0.29) is 6.04 Å². The van der Waals surface area contributed by atoms with Gasteiger partial charge in [-0.3, -0.25) is 0 Å². The predicted octanol–water partition coefficient (Wildman–Crippen LogP) is 5.42. The fraction of sp³-hybridized carbons (Fsp3) is 0.320. The smallest absolute Gasteiger partial charge is 0.328 e. The zero-order valence-corrected chi connectivity index (χ0v) is 19.1. The van der Waals surface area contributed by atoms with E-state index in [1.807, 2.05) is 19.1 Å². The molecule has 0 spiro atoms. The first-order valence-electron chi connectivity index (χ1n) is 9.94. The van der Waals surface area contributed by atoms with E-state index in [1.165, 1.54) is 22.3 Å². The molecule has 0 radical (unpaired) electrons. The Morgan fingerprint density at radius 3 is 2.38 bits per heavy atom. The third-order valence-electron chi connectivity index (χ3n) is 5.20. The second-order valence-electron chi connectivity index (χ2n) is 8.06. The van der Waals surface area contributed by atoms with Crippen molar-refractivity contribution in [1.29, 1.82) is 0 Å². The molecule has 0 heterocycles. The van der Waals surface area contributed by atoms with Gasteiger partial charge in [0.15, 0.2) is 0 Å². The minimum Gasteiger partial charge on any atom is -0.478 e. The van der Waals surface area contributed by atoms with E-state index in [0.717, 1.165) is 34.5 Å². The molecule has 0 fully saturated rings. The highest BCUT2D eigenvalue weighted by Crippen LogP contribution is 2.34. The summed E-state index contributed by atoms with van der Waals surface area (Å²) in [5.74, 6) is -0.434. The number of benzene rings is 2. The number of aryl methyl sites for hydroxylation is 2. The van der Waals surface area contributed by atoms with Gasteiger partial charge in [0.05, 0.1) is 6.04 Å². The Bertz CT molecular complexity index is 934. The van der Waals surface area contributed by atoms with Crippen molar-refractivity contribution >= 4 is 32.2 Å². The summed E-state index contributed by atoms with van der Waals surface area (Å²) in [5, 5.41) is 9.87. The summed E-state index contributed by atoms with van der Waals surface area (Å²) >= 11 is 0. The molecule has 2 atom stereocenters. The lowest BCUT2D eigenvalue weighted by atomic mass is 9.85. The lowest BCUT2D eigenvalue weighted by molar-refractivity contribution is -0.131. The van der Waals surface area contributed by atoms with Crippen LogP contribution in [-0.4, -0.2) is 11.1 Å². The number of rotatable bonds is 7. The molecule has 1 unspecified atom stereocenters. The topological polar surface area (TPSA) is 63.3 Å². The summed E-state index contributed by atoms with van der Waals surface area (Å²) in [4.78, 5) is 10.8. The van der Waals surface area contributed by atoms with Gasteiger partial charge in [-0.25, -0.2) is 4.79 Å². The first-order valence-corrected chi connectivity index (χ1v) is 10.5. The van der Waals surface area contributed by atoms with Gasteiger partial charge in [0.2, 0.25) is 0 Å². The van der Waals surface area contributed by atoms with Crippen LogP contribution < -0.4 is 11.0 Å². The number of nitrogens with two attached hydrogens (primary N) is 1. The highest BCUT2D eigenvalue weighted by molar-refractivity contribution is 7.27. The van der Waals surface area contributed by atoms with Gasteiger partial charge in [-0.1, -0.05) is 44.2 Å². The Morgan fingerprint density at radius 2 is 1.83 bits per heavy atom. The van der Waals surface area contributed by atoms with E-state index in [1.54, 1.807) is 6.08 Å². The largest absolute Gasteiger partial charge is 0.478 e. The van der Waals surface area contributed by atoms with Crippen molar-refractivity contribution in [2.24, 2.45) is 11.7 Å². The minimum absolute atomic E-state index is 0.228. The van der Waals surface area contributed by atoms with Gasteiger partial charge in [0, 0.05) is 6.08 Å². The first kappa shape index (κ1) is 23.1. The third-order valence-corrected chi connectivity index (χ3v) is 5.67. The molecule has 2 aromatic rings. The molecule has 0 aliphatic heterocycles. The van der Waals surface area contributed by atoms with Crippen LogP contribution >= 0.6 is 9.24 Å². The summed E-state index contributed by atoms with van der Waals surface area (Å²) in [6.07, 6.45) is 3.73. The summed E-state index contributed by atoms with van der Waals surface area (Å²) in [5.41, 5.74) is 14.8. The average Bonchev–Trinajstić information content (AvgIpc) is 2.63. The van der Waals surface area contributed by atoms with Crippen molar-refractivity contribution < 1.29 is 9.90 Å². The molecule has 3 nitrogen and oxygen atoms in total. The van der Waals surface area contributed by atoms with Crippen LogP contribution in [0.15, 0.2) is 48.0 Å².